The Bertz CT molecular complexity index is 320. The van der Waals surface area contributed by atoms with Gasteiger partial charge in [-0.05, 0) is 0 Å². The third-order valence-electron chi connectivity index (χ3n) is 2.25. The van der Waals surface area contributed by atoms with Crippen molar-refractivity contribution in [3.63, 3.8) is 0 Å². The number of rotatable bonds is 3. The van der Waals surface area contributed by atoms with E-state index in [4.69, 9.17) is 5.11 Å². The van der Waals surface area contributed by atoms with E-state index in [-0.39, 0.29) is 12.0 Å². The summed E-state index contributed by atoms with van der Waals surface area (Å²) < 4.78 is 0. The molecule has 1 rings (SSSR count). The standard InChI is InChI=1S/C11H19N3O/c1-11(2,3)9-7-10(13-8-12-9)14(4)5-6-15/h7-8,15H,5-6H2,1-4H3. The molecule has 0 spiro atoms. The molecule has 0 fully saturated rings. The van der Waals surface area contributed by atoms with Crippen LogP contribution in [0.5, 0.6) is 0 Å². The van der Waals surface area contributed by atoms with Crippen LogP contribution in [0.4, 0.5) is 5.82 Å². The van der Waals surface area contributed by atoms with Crippen LogP contribution in [0, 0.1) is 0 Å². The molecule has 1 heterocycles. The van der Waals surface area contributed by atoms with Crippen molar-refractivity contribution in [3.8, 4) is 0 Å². The fraction of sp³-hybridized carbons (Fsp3) is 0.636. The Balaban J connectivity index is 2.92. The number of aliphatic hydroxyl groups is 1. The molecule has 1 aromatic heterocycles. The van der Waals surface area contributed by atoms with Crippen LogP contribution in [-0.4, -0.2) is 35.3 Å². The molecule has 0 aliphatic heterocycles. The molecule has 0 aliphatic rings. The van der Waals surface area contributed by atoms with Gasteiger partial charge in [0.05, 0.1) is 12.3 Å². The number of nitrogens with zero attached hydrogens (tertiary/aromatic N) is 3. The quantitative estimate of drug-likeness (QED) is 0.812. The molecule has 4 nitrogen and oxygen atoms in total. The fourth-order valence-electron chi connectivity index (χ4n) is 1.23. The second-order valence-electron chi connectivity index (χ2n) is 4.66. The summed E-state index contributed by atoms with van der Waals surface area (Å²) in [6, 6.07) is 1.97. The summed E-state index contributed by atoms with van der Waals surface area (Å²) in [7, 11) is 1.91. The summed E-state index contributed by atoms with van der Waals surface area (Å²) in [4.78, 5) is 10.3. The molecule has 0 saturated carbocycles. The molecule has 0 atom stereocenters. The van der Waals surface area contributed by atoms with Crippen LogP contribution < -0.4 is 4.90 Å². The van der Waals surface area contributed by atoms with Crippen molar-refractivity contribution in [2.45, 2.75) is 26.2 Å². The third kappa shape index (κ3) is 3.16. The van der Waals surface area contributed by atoms with E-state index in [1.807, 2.05) is 18.0 Å². The van der Waals surface area contributed by atoms with Gasteiger partial charge in [-0.3, -0.25) is 0 Å². The maximum atomic E-state index is 8.84. The van der Waals surface area contributed by atoms with E-state index in [2.05, 4.69) is 30.7 Å². The molecule has 15 heavy (non-hydrogen) atoms. The van der Waals surface area contributed by atoms with E-state index in [9.17, 15) is 0 Å². The summed E-state index contributed by atoms with van der Waals surface area (Å²) in [5.74, 6) is 0.851. The molecule has 0 aromatic carbocycles. The van der Waals surface area contributed by atoms with Crippen molar-refractivity contribution < 1.29 is 5.11 Å². The SMILES string of the molecule is CN(CCO)c1cc(C(C)(C)C)ncn1. The van der Waals surface area contributed by atoms with E-state index >= 15 is 0 Å². The number of aromatic nitrogens is 2. The summed E-state index contributed by atoms with van der Waals surface area (Å²) in [6.45, 7) is 7.06. The summed E-state index contributed by atoms with van der Waals surface area (Å²) >= 11 is 0. The molecule has 1 aromatic rings. The number of likely N-dealkylation sites (N-methyl/N-ethyl adjacent to an activating group) is 1. The van der Waals surface area contributed by atoms with Crippen molar-refractivity contribution >= 4 is 5.82 Å². The minimum Gasteiger partial charge on any atom is -0.395 e. The molecule has 0 unspecified atom stereocenters. The Morgan fingerprint density at radius 3 is 2.53 bits per heavy atom. The zero-order valence-corrected chi connectivity index (χ0v) is 9.86. The molecule has 84 valence electrons. The zero-order chi connectivity index (χ0) is 11.5. The first-order chi connectivity index (χ1) is 6.95. The number of aliphatic hydroxyl groups excluding tert-OH is 1. The van der Waals surface area contributed by atoms with E-state index in [1.165, 1.54) is 0 Å². The normalized spacial score (nSPS) is 11.5. The summed E-state index contributed by atoms with van der Waals surface area (Å²) in [5.41, 5.74) is 1.04. The van der Waals surface area contributed by atoms with E-state index in [1.54, 1.807) is 6.33 Å². The Morgan fingerprint density at radius 1 is 1.33 bits per heavy atom. The van der Waals surface area contributed by atoms with Gasteiger partial charge in [0.15, 0.2) is 0 Å². The summed E-state index contributed by atoms with van der Waals surface area (Å²) in [5, 5.41) is 8.84. The van der Waals surface area contributed by atoms with Crippen LogP contribution in [-0.2, 0) is 5.41 Å². The number of anilines is 1. The Labute approximate surface area is 91.0 Å². The second-order valence-corrected chi connectivity index (χ2v) is 4.66. The van der Waals surface area contributed by atoms with Crippen LogP contribution in [0.25, 0.3) is 0 Å². The summed E-state index contributed by atoms with van der Waals surface area (Å²) in [6.07, 6.45) is 1.57. The van der Waals surface area contributed by atoms with Crippen molar-refractivity contribution in [3.05, 3.63) is 18.1 Å². The van der Waals surface area contributed by atoms with Gasteiger partial charge in [-0.2, -0.15) is 0 Å². The van der Waals surface area contributed by atoms with E-state index in [0.717, 1.165) is 11.5 Å². The van der Waals surface area contributed by atoms with Gasteiger partial charge >= 0.3 is 0 Å². The highest BCUT2D eigenvalue weighted by molar-refractivity contribution is 5.39. The largest absolute Gasteiger partial charge is 0.395 e. The molecule has 0 saturated heterocycles. The van der Waals surface area contributed by atoms with Gasteiger partial charge in [-0.15, -0.1) is 0 Å². The van der Waals surface area contributed by atoms with Crippen LogP contribution in [0.2, 0.25) is 0 Å². The lowest BCUT2D eigenvalue weighted by atomic mass is 9.92. The Hall–Kier alpha value is -1.16. The lowest BCUT2D eigenvalue weighted by molar-refractivity contribution is 0.304. The number of hydrogen-bond acceptors (Lipinski definition) is 4. The van der Waals surface area contributed by atoms with Crippen LogP contribution >= 0.6 is 0 Å². The lowest BCUT2D eigenvalue weighted by Crippen LogP contribution is -2.23. The van der Waals surface area contributed by atoms with E-state index < -0.39 is 0 Å². The highest BCUT2D eigenvalue weighted by atomic mass is 16.3. The third-order valence-corrected chi connectivity index (χ3v) is 2.25. The van der Waals surface area contributed by atoms with Gasteiger partial charge < -0.3 is 10.0 Å². The average Bonchev–Trinajstić information content (AvgIpc) is 2.17. The van der Waals surface area contributed by atoms with Crippen LogP contribution in [0.15, 0.2) is 12.4 Å². The molecule has 0 bridgehead atoms. The maximum absolute atomic E-state index is 8.84. The van der Waals surface area contributed by atoms with Gasteiger partial charge in [0.2, 0.25) is 0 Å². The van der Waals surface area contributed by atoms with Gasteiger partial charge in [0.25, 0.3) is 0 Å². The van der Waals surface area contributed by atoms with Crippen LogP contribution in [0.3, 0.4) is 0 Å². The first-order valence-electron chi connectivity index (χ1n) is 5.09. The van der Waals surface area contributed by atoms with Crippen molar-refractivity contribution in [2.24, 2.45) is 0 Å². The minimum atomic E-state index is 0.0255. The van der Waals surface area contributed by atoms with Crippen molar-refractivity contribution in [2.75, 3.05) is 25.1 Å². The molecule has 0 amide bonds. The molecule has 1 N–H and O–H groups in total. The first kappa shape index (κ1) is 11.9. The Morgan fingerprint density at radius 2 is 2.00 bits per heavy atom. The molecular formula is C11H19N3O. The molecule has 0 aliphatic carbocycles. The molecular weight excluding hydrogens is 190 g/mol. The van der Waals surface area contributed by atoms with Crippen LogP contribution in [0.1, 0.15) is 26.5 Å². The highest BCUT2D eigenvalue weighted by Crippen LogP contribution is 2.21. The lowest BCUT2D eigenvalue weighted by Gasteiger charge is -2.21. The Kier molecular flexibility index (Phi) is 3.63. The van der Waals surface area contributed by atoms with Gasteiger partial charge in [-0.25, -0.2) is 9.97 Å². The molecule has 0 radical (unpaired) electrons. The second kappa shape index (κ2) is 4.57. The monoisotopic (exact) mass is 209 g/mol. The smallest absolute Gasteiger partial charge is 0.132 e. The average molecular weight is 209 g/mol. The predicted octanol–water partition coefficient (Wildman–Crippen LogP) is 1.20. The fourth-order valence-corrected chi connectivity index (χ4v) is 1.23. The van der Waals surface area contributed by atoms with Crippen molar-refractivity contribution in [1.29, 1.82) is 0 Å². The van der Waals surface area contributed by atoms with E-state index in [0.29, 0.717) is 6.54 Å². The molecule has 4 heteroatoms. The first-order valence-corrected chi connectivity index (χ1v) is 5.09. The van der Waals surface area contributed by atoms with Gasteiger partial charge in [0, 0.05) is 25.1 Å². The maximum Gasteiger partial charge on any atom is 0.132 e. The van der Waals surface area contributed by atoms with Gasteiger partial charge in [-0.1, -0.05) is 20.8 Å². The topological polar surface area (TPSA) is 49.2 Å². The predicted molar refractivity (Wildman–Crippen MR) is 61.1 cm³/mol. The highest BCUT2D eigenvalue weighted by Gasteiger charge is 2.16. The minimum absolute atomic E-state index is 0.0255. The number of hydrogen-bond donors (Lipinski definition) is 1. The zero-order valence-electron chi connectivity index (χ0n) is 9.86. The van der Waals surface area contributed by atoms with Crippen molar-refractivity contribution in [1.82, 2.24) is 9.97 Å². The van der Waals surface area contributed by atoms with Gasteiger partial charge in [0.1, 0.15) is 12.1 Å².